The minimum Gasteiger partial charge on any atom is -0.355 e. The second-order valence-electron chi connectivity index (χ2n) is 5.31. The Bertz CT molecular complexity index is 212. The normalized spacial score (nSPS) is 19.8. The van der Waals surface area contributed by atoms with Crippen LogP contribution in [-0.2, 0) is 4.79 Å². The molecule has 0 radical (unpaired) electrons. The van der Waals surface area contributed by atoms with E-state index in [2.05, 4.69) is 35.1 Å². The standard InChI is InChI=1S/C13H24BrNO/c1-10(2)8-12(14)9-15-13(16)11-6-4-3-5-7-11/h10-12H,3-9H2,1-2H3,(H,15,16). The van der Waals surface area contributed by atoms with Crippen LogP contribution in [-0.4, -0.2) is 17.3 Å². The highest BCUT2D eigenvalue weighted by atomic mass is 79.9. The second kappa shape index (κ2) is 7.31. The first-order valence-corrected chi connectivity index (χ1v) is 7.43. The zero-order valence-electron chi connectivity index (χ0n) is 10.5. The second-order valence-corrected chi connectivity index (χ2v) is 6.60. The molecule has 0 aliphatic heterocycles. The van der Waals surface area contributed by atoms with Crippen molar-refractivity contribution in [2.24, 2.45) is 11.8 Å². The van der Waals surface area contributed by atoms with Crippen molar-refractivity contribution in [2.75, 3.05) is 6.54 Å². The summed E-state index contributed by atoms with van der Waals surface area (Å²) in [6, 6.07) is 0. The van der Waals surface area contributed by atoms with E-state index in [0.29, 0.717) is 10.7 Å². The van der Waals surface area contributed by atoms with Crippen LogP contribution >= 0.6 is 15.9 Å². The van der Waals surface area contributed by atoms with Crippen LogP contribution in [0, 0.1) is 11.8 Å². The quantitative estimate of drug-likeness (QED) is 0.772. The predicted molar refractivity (Wildman–Crippen MR) is 71.8 cm³/mol. The van der Waals surface area contributed by atoms with Gasteiger partial charge in [0.25, 0.3) is 0 Å². The van der Waals surface area contributed by atoms with Gasteiger partial charge in [-0.15, -0.1) is 0 Å². The van der Waals surface area contributed by atoms with E-state index in [-0.39, 0.29) is 11.8 Å². The van der Waals surface area contributed by atoms with Gasteiger partial charge in [-0.1, -0.05) is 49.0 Å². The third-order valence-corrected chi connectivity index (χ3v) is 3.90. The number of rotatable bonds is 5. The largest absolute Gasteiger partial charge is 0.355 e. The summed E-state index contributed by atoms with van der Waals surface area (Å²) in [4.78, 5) is 12.3. The summed E-state index contributed by atoms with van der Waals surface area (Å²) in [6.45, 7) is 5.18. The van der Waals surface area contributed by atoms with Crippen molar-refractivity contribution >= 4 is 21.8 Å². The molecule has 1 N–H and O–H groups in total. The SMILES string of the molecule is CC(C)CC(Br)CNC(=O)C1CCCCC1. The van der Waals surface area contributed by atoms with Crippen molar-refractivity contribution in [1.29, 1.82) is 0 Å². The van der Waals surface area contributed by atoms with Crippen molar-refractivity contribution in [3.63, 3.8) is 0 Å². The molecule has 1 aliphatic rings. The minimum atomic E-state index is 0.271. The topological polar surface area (TPSA) is 29.1 Å². The number of halogens is 1. The Morgan fingerprint density at radius 2 is 1.94 bits per heavy atom. The van der Waals surface area contributed by atoms with E-state index in [1.807, 2.05) is 0 Å². The molecule has 2 nitrogen and oxygen atoms in total. The molecule has 0 spiro atoms. The van der Waals surface area contributed by atoms with E-state index in [4.69, 9.17) is 0 Å². The molecule has 0 heterocycles. The van der Waals surface area contributed by atoms with Gasteiger partial charge in [-0.25, -0.2) is 0 Å². The predicted octanol–water partition coefficient (Wildman–Crippen LogP) is 3.49. The monoisotopic (exact) mass is 289 g/mol. The maximum atomic E-state index is 11.9. The summed E-state index contributed by atoms with van der Waals surface area (Å²) < 4.78 is 0. The molecule has 3 heteroatoms. The first kappa shape index (κ1) is 14.0. The molecule has 1 rings (SSSR count). The Morgan fingerprint density at radius 1 is 1.31 bits per heavy atom. The highest BCUT2D eigenvalue weighted by molar-refractivity contribution is 9.09. The van der Waals surface area contributed by atoms with Crippen LogP contribution in [0.4, 0.5) is 0 Å². The lowest BCUT2D eigenvalue weighted by Crippen LogP contribution is -2.35. The number of hydrogen-bond donors (Lipinski definition) is 1. The van der Waals surface area contributed by atoms with Gasteiger partial charge in [0.05, 0.1) is 0 Å². The van der Waals surface area contributed by atoms with E-state index in [9.17, 15) is 4.79 Å². The maximum absolute atomic E-state index is 11.9. The molecule has 1 aliphatic carbocycles. The fraction of sp³-hybridized carbons (Fsp3) is 0.923. The lowest BCUT2D eigenvalue weighted by molar-refractivity contribution is -0.125. The Kier molecular flexibility index (Phi) is 6.40. The van der Waals surface area contributed by atoms with Crippen molar-refractivity contribution in [3.8, 4) is 0 Å². The van der Waals surface area contributed by atoms with E-state index in [1.54, 1.807) is 0 Å². The van der Waals surface area contributed by atoms with Crippen molar-refractivity contribution in [2.45, 2.75) is 57.2 Å². The first-order chi connectivity index (χ1) is 7.59. The Balaban J connectivity index is 2.18. The number of nitrogens with one attached hydrogen (secondary N) is 1. The molecule has 94 valence electrons. The lowest BCUT2D eigenvalue weighted by atomic mass is 9.88. The van der Waals surface area contributed by atoms with Crippen molar-refractivity contribution < 1.29 is 4.79 Å². The summed E-state index contributed by atoms with van der Waals surface area (Å²) >= 11 is 3.62. The van der Waals surface area contributed by atoms with Crippen LogP contribution in [0.15, 0.2) is 0 Å². The van der Waals surface area contributed by atoms with Gasteiger partial charge >= 0.3 is 0 Å². The van der Waals surface area contributed by atoms with Crippen molar-refractivity contribution in [3.05, 3.63) is 0 Å². The zero-order chi connectivity index (χ0) is 12.0. The van der Waals surface area contributed by atoms with Gasteiger partial charge in [0.1, 0.15) is 0 Å². The van der Waals surface area contributed by atoms with Gasteiger partial charge in [0, 0.05) is 17.3 Å². The van der Waals surface area contributed by atoms with Crippen LogP contribution in [0.1, 0.15) is 52.4 Å². The molecule has 1 atom stereocenters. The molecule has 1 saturated carbocycles. The molecule has 0 aromatic carbocycles. The molecule has 1 amide bonds. The molecule has 1 unspecified atom stereocenters. The summed E-state index contributed by atoms with van der Waals surface area (Å²) in [5.74, 6) is 1.23. The molecule has 0 aromatic heterocycles. The van der Waals surface area contributed by atoms with Crippen molar-refractivity contribution in [1.82, 2.24) is 5.32 Å². The van der Waals surface area contributed by atoms with E-state index in [1.165, 1.54) is 19.3 Å². The number of alkyl halides is 1. The van der Waals surface area contributed by atoms with Crippen LogP contribution < -0.4 is 5.32 Å². The molecule has 1 fully saturated rings. The van der Waals surface area contributed by atoms with Crippen LogP contribution in [0.3, 0.4) is 0 Å². The van der Waals surface area contributed by atoms with E-state index >= 15 is 0 Å². The van der Waals surface area contributed by atoms with Gasteiger partial charge in [-0.2, -0.15) is 0 Å². The summed E-state index contributed by atoms with van der Waals surface area (Å²) in [5.41, 5.74) is 0. The van der Waals surface area contributed by atoms with Gasteiger partial charge < -0.3 is 5.32 Å². The Morgan fingerprint density at radius 3 is 2.50 bits per heavy atom. The van der Waals surface area contributed by atoms with E-state index < -0.39 is 0 Å². The molecule has 0 bridgehead atoms. The summed E-state index contributed by atoms with van der Waals surface area (Å²) in [7, 11) is 0. The fourth-order valence-electron chi connectivity index (χ4n) is 2.32. The van der Waals surface area contributed by atoms with E-state index in [0.717, 1.165) is 25.8 Å². The average Bonchev–Trinajstić information content (AvgIpc) is 2.26. The number of carbonyl (C=O) groups excluding carboxylic acids is 1. The van der Waals surface area contributed by atoms with Gasteiger partial charge in [0.15, 0.2) is 0 Å². The summed E-state index contributed by atoms with van der Waals surface area (Å²) in [6.07, 6.45) is 7.04. The number of amides is 1. The molecular formula is C13H24BrNO. The maximum Gasteiger partial charge on any atom is 0.223 e. The zero-order valence-corrected chi connectivity index (χ0v) is 12.1. The highest BCUT2D eigenvalue weighted by Crippen LogP contribution is 2.23. The van der Waals surface area contributed by atoms with Crippen LogP contribution in [0.5, 0.6) is 0 Å². The molecule has 0 aromatic rings. The highest BCUT2D eigenvalue weighted by Gasteiger charge is 2.21. The third kappa shape index (κ3) is 5.33. The van der Waals surface area contributed by atoms with Gasteiger partial charge in [0.2, 0.25) is 5.91 Å². The molecular weight excluding hydrogens is 266 g/mol. The number of hydrogen-bond acceptors (Lipinski definition) is 1. The van der Waals surface area contributed by atoms with Crippen LogP contribution in [0.25, 0.3) is 0 Å². The molecule has 16 heavy (non-hydrogen) atoms. The number of carbonyl (C=O) groups is 1. The molecule has 0 saturated heterocycles. The average molecular weight is 290 g/mol. The van der Waals surface area contributed by atoms with Crippen LogP contribution in [0.2, 0.25) is 0 Å². The Labute approximate surface area is 108 Å². The minimum absolute atomic E-state index is 0.271. The Hall–Kier alpha value is -0.0500. The first-order valence-electron chi connectivity index (χ1n) is 6.51. The summed E-state index contributed by atoms with van der Waals surface area (Å²) in [5, 5.41) is 3.07. The lowest BCUT2D eigenvalue weighted by Gasteiger charge is -2.22. The third-order valence-electron chi connectivity index (χ3n) is 3.20. The van der Waals surface area contributed by atoms with Gasteiger partial charge in [-0.3, -0.25) is 4.79 Å². The fourth-order valence-corrected chi connectivity index (χ4v) is 3.22. The van der Waals surface area contributed by atoms with Gasteiger partial charge in [-0.05, 0) is 25.2 Å². The smallest absolute Gasteiger partial charge is 0.223 e.